The fourth-order valence-corrected chi connectivity index (χ4v) is 2.06. The third kappa shape index (κ3) is 3.51. The van der Waals surface area contributed by atoms with Gasteiger partial charge in [-0.1, -0.05) is 12.1 Å². The predicted molar refractivity (Wildman–Crippen MR) is 73.3 cm³/mol. The Balaban J connectivity index is 1.88. The van der Waals surface area contributed by atoms with E-state index in [1.807, 2.05) is 0 Å². The second-order valence-corrected chi connectivity index (χ2v) is 5.23. The Hall–Kier alpha value is -2.55. The Kier molecular flexibility index (Phi) is 4.13. The van der Waals surface area contributed by atoms with E-state index in [2.05, 4.69) is 11.4 Å². The number of amides is 1. The van der Waals surface area contributed by atoms with Crippen molar-refractivity contribution >= 4 is 11.9 Å². The highest BCUT2D eigenvalue weighted by Gasteiger charge is 2.43. The van der Waals surface area contributed by atoms with Gasteiger partial charge in [-0.2, -0.15) is 5.26 Å². The molecule has 0 saturated heterocycles. The highest BCUT2D eigenvalue weighted by atomic mass is 16.5. The van der Waals surface area contributed by atoms with Gasteiger partial charge in [0, 0.05) is 0 Å². The molecule has 0 unspecified atom stereocenters. The lowest BCUT2D eigenvalue weighted by Crippen LogP contribution is -2.48. The molecule has 1 aliphatic carbocycles. The van der Waals surface area contributed by atoms with Gasteiger partial charge in [-0.25, -0.2) is 4.79 Å². The lowest BCUT2D eigenvalue weighted by atomic mass is 9.98. The fraction of sp³-hybridized carbons (Fsp3) is 0.400. The molecule has 0 aliphatic heterocycles. The van der Waals surface area contributed by atoms with Gasteiger partial charge in [0.15, 0.2) is 6.61 Å². The summed E-state index contributed by atoms with van der Waals surface area (Å²) in [6.45, 7) is 1.17. The molecule has 6 heteroatoms. The van der Waals surface area contributed by atoms with E-state index in [0.717, 1.165) is 12.8 Å². The van der Waals surface area contributed by atoms with Gasteiger partial charge in [0.05, 0.1) is 6.07 Å². The molecule has 1 aromatic rings. The molecule has 1 aromatic carbocycles. The molecule has 21 heavy (non-hydrogen) atoms. The van der Waals surface area contributed by atoms with Crippen LogP contribution >= 0.6 is 0 Å². The number of nitrogens with one attached hydrogen (secondary N) is 1. The summed E-state index contributed by atoms with van der Waals surface area (Å²) >= 11 is 0. The molecule has 0 spiro atoms. The highest BCUT2D eigenvalue weighted by Crippen LogP contribution is 2.39. The Morgan fingerprint density at radius 3 is 2.71 bits per heavy atom. The number of benzene rings is 1. The van der Waals surface area contributed by atoms with Crippen LogP contribution in [0.25, 0.3) is 0 Å². The molecule has 1 fully saturated rings. The second-order valence-electron chi connectivity index (χ2n) is 5.23. The van der Waals surface area contributed by atoms with Crippen molar-refractivity contribution in [1.82, 2.24) is 5.32 Å². The van der Waals surface area contributed by atoms with Gasteiger partial charge in [-0.3, -0.25) is 4.79 Å². The minimum atomic E-state index is -0.918. The standard InChI is InChI=1S/C15H16N2O4/c1-15(9-16,10-6-7-10)17-13(19)8-21-14(20)11-4-2-3-5-12(11)18/h2-5,10,18H,6-8H2,1H3,(H,17,19)/t15-/m1/s1. The number of aromatic hydroxyl groups is 1. The summed E-state index contributed by atoms with van der Waals surface area (Å²) in [5, 5.41) is 21.2. The number of phenols is 1. The summed E-state index contributed by atoms with van der Waals surface area (Å²) in [6, 6.07) is 8.00. The molecule has 2 N–H and O–H groups in total. The zero-order valence-electron chi connectivity index (χ0n) is 11.6. The van der Waals surface area contributed by atoms with Crippen LogP contribution in [-0.2, 0) is 9.53 Å². The van der Waals surface area contributed by atoms with Crippen LogP contribution in [0.1, 0.15) is 30.1 Å². The van der Waals surface area contributed by atoms with Crippen molar-refractivity contribution in [1.29, 1.82) is 5.26 Å². The van der Waals surface area contributed by atoms with Gasteiger partial charge in [0.25, 0.3) is 5.91 Å². The summed E-state index contributed by atoms with van der Waals surface area (Å²) in [6.07, 6.45) is 1.81. The molecular weight excluding hydrogens is 272 g/mol. The maximum absolute atomic E-state index is 11.8. The number of para-hydroxylation sites is 1. The monoisotopic (exact) mass is 288 g/mol. The number of ether oxygens (including phenoxy) is 1. The number of nitrogens with zero attached hydrogens (tertiary/aromatic N) is 1. The molecule has 0 heterocycles. The zero-order chi connectivity index (χ0) is 15.5. The Morgan fingerprint density at radius 1 is 1.48 bits per heavy atom. The number of esters is 1. The topological polar surface area (TPSA) is 99.4 Å². The molecular formula is C15H16N2O4. The van der Waals surface area contributed by atoms with Crippen LogP contribution in [0.2, 0.25) is 0 Å². The first-order chi connectivity index (χ1) is 9.96. The molecule has 0 aromatic heterocycles. The first kappa shape index (κ1) is 14.9. The Morgan fingerprint density at radius 2 is 2.14 bits per heavy atom. The molecule has 0 bridgehead atoms. The van der Waals surface area contributed by atoms with Crippen molar-refractivity contribution in [3.05, 3.63) is 29.8 Å². The summed E-state index contributed by atoms with van der Waals surface area (Å²) in [4.78, 5) is 23.5. The van der Waals surface area contributed by atoms with Gasteiger partial charge in [-0.05, 0) is 37.8 Å². The third-order valence-corrected chi connectivity index (χ3v) is 3.48. The van der Waals surface area contributed by atoms with Crippen LogP contribution in [0.3, 0.4) is 0 Å². The number of hydrogen-bond donors (Lipinski definition) is 2. The average molecular weight is 288 g/mol. The number of carbonyl (C=O) groups is 2. The van der Waals surface area contributed by atoms with Crippen LogP contribution < -0.4 is 5.32 Å². The first-order valence-electron chi connectivity index (χ1n) is 6.63. The fourth-order valence-electron chi connectivity index (χ4n) is 2.06. The van der Waals surface area contributed by atoms with Gasteiger partial charge in [-0.15, -0.1) is 0 Å². The lowest BCUT2D eigenvalue weighted by Gasteiger charge is -2.22. The van der Waals surface area contributed by atoms with Gasteiger partial charge >= 0.3 is 5.97 Å². The van der Waals surface area contributed by atoms with E-state index < -0.39 is 24.0 Å². The first-order valence-corrected chi connectivity index (χ1v) is 6.63. The number of carbonyl (C=O) groups excluding carboxylic acids is 2. The molecule has 0 radical (unpaired) electrons. The van der Waals surface area contributed by atoms with Crippen LogP contribution in [0.5, 0.6) is 5.75 Å². The van der Waals surface area contributed by atoms with Crippen molar-refractivity contribution in [2.75, 3.05) is 6.61 Å². The molecule has 2 rings (SSSR count). The maximum atomic E-state index is 11.8. The lowest BCUT2D eigenvalue weighted by molar-refractivity contribution is -0.125. The summed E-state index contributed by atoms with van der Waals surface area (Å²) < 4.78 is 4.84. The van der Waals surface area contributed by atoms with Crippen LogP contribution in [0.15, 0.2) is 24.3 Å². The van der Waals surface area contributed by atoms with Gasteiger partial charge in [0.2, 0.25) is 0 Å². The summed E-state index contributed by atoms with van der Waals surface area (Å²) in [5.41, 5.74) is -0.922. The highest BCUT2D eigenvalue weighted by molar-refractivity contribution is 5.93. The third-order valence-electron chi connectivity index (χ3n) is 3.48. The Bertz CT molecular complexity index is 604. The quantitative estimate of drug-likeness (QED) is 0.797. The SMILES string of the molecule is C[C@](C#N)(NC(=O)COC(=O)c1ccccc1O)C1CC1. The molecule has 110 valence electrons. The van der Waals surface area contributed by atoms with Crippen LogP contribution in [-0.4, -0.2) is 29.1 Å². The van der Waals surface area contributed by atoms with Crippen LogP contribution in [0, 0.1) is 17.2 Å². The van der Waals surface area contributed by atoms with E-state index in [-0.39, 0.29) is 17.2 Å². The van der Waals surface area contributed by atoms with Gasteiger partial charge < -0.3 is 15.2 Å². The van der Waals surface area contributed by atoms with Crippen molar-refractivity contribution in [3.8, 4) is 11.8 Å². The maximum Gasteiger partial charge on any atom is 0.342 e. The van der Waals surface area contributed by atoms with E-state index >= 15 is 0 Å². The summed E-state index contributed by atoms with van der Waals surface area (Å²) in [7, 11) is 0. The minimum Gasteiger partial charge on any atom is -0.507 e. The number of phenolic OH excluding ortho intramolecular Hbond substituents is 1. The van der Waals surface area contributed by atoms with Crippen molar-refractivity contribution < 1.29 is 19.4 Å². The zero-order valence-corrected chi connectivity index (χ0v) is 11.6. The number of nitriles is 1. The number of rotatable bonds is 5. The number of hydrogen-bond acceptors (Lipinski definition) is 5. The second kappa shape index (κ2) is 5.83. The Labute approximate surface area is 122 Å². The van der Waals surface area contributed by atoms with Crippen molar-refractivity contribution in [3.63, 3.8) is 0 Å². The molecule has 1 aliphatic rings. The predicted octanol–water partition coefficient (Wildman–Crippen LogP) is 1.36. The van der Waals surface area contributed by atoms with Crippen LogP contribution in [0.4, 0.5) is 0 Å². The van der Waals surface area contributed by atoms with E-state index in [0.29, 0.717) is 0 Å². The van der Waals surface area contributed by atoms with E-state index in [1.165, 1.54) is 12.1 Å². The molecule has 1 saturated carbocycles. The normalized spacial score (nSPS) is 16.4. The smallest absolute Gasteiger partial charge is 0.342 e. The molecule has 1 atom stereocenters. The molecule has 1 amide bonds. The molecule has 6 nitrogen and oxygen atoms in total. The van der Waals surface area contributed by atoms with Crippen molar-refractivity contribution in [2.24, 2.45) is 5.92 Å². The minimum absolute atomic E-state index is 0.00413. The van der Waals surface area contributed by atoms with E-state index in [1.54, 1.807) is 19.1 Å². The summed E-state index contributed by atoms with van der Waals surface area (Å²) in [5.74, 6) is -1.37. The van der Waals surface area contributed by atoms with E-state index in [4.69, 9.17) is 10.00 Å². The largest absolute Gasteiger partial charge is 0.507 e. The van der Waals surface area contributed by atoms with Crippen molar-refractivity contribution in [2.45, 2.75) is 25.3 Å². The average Bonchev–Trinajstić information content (AvgIpc) is 3.30. The van der Waals surface area contributed by atoms with E-state index in [9.17, 15) is 14.7 Å². The van der Waals surface area contributed by atoms with Gasteiger partial charge in [0.1, 0.15) is 16.9 Å².